The quantitative estimate of drug-likeness (QED) is 0.414. The molecule has 2 unspecified atom stereocenters. The van der Waals surface area contributed by atoms with Crippen LogP contribution in [0.15, 0.2) is 67.0 Å². The number of fused-ring (bicyclic) bond motifs is 1. The summed E-state index contributed by atoms with van der Waals surface area (Å²) in [6, 6.07) is 16.5. The predicted octanol–water partition coefficient (Wildman–Crippen LogP) is 4.16. The number of rotatable bonds is 5. The minimum absolute atomic E-state index is 0.110. The standard InChI is InChI=1S/C26H25N5O3/c1-16-8-9-18-21(13-16)28-24(19-6-2-3-7-23(19)32)30-25(18)31-12-10-20(29-26(33)34)22(31)14-17-5-4-11-27-15-17/h2-9,11,13,15,20,22,29,32H,10,12,14H2,1H3,(H,33,34). The minimum Gasteiger partial charge on any atom is -0.507 e. The van der Waals surface area contributed by atoms with Crippen molar-refractivity contribution in [1.82, 2.24) is 20.3 Å². The molecule has 0 spiro atoms. The summed E-state index contributed by atoms with van der Waals surface area (Å²) in [5.74, 6) is 1.27. The van der Waals surface area contributed by atoms with E-state index in [1.165, 1.54) is 0 Å². The molecule has 5 rings (SSSR count). The molecule has 1 aliphatic heterocycles. The normalized spacial score (nSPS) is 17.7. The van der Waals surface area contributed by atoms with E-state index in [2.05, 4.69) is 15.2 Å². The summed E-state index contributed by atoms with van der Waals surface area (Å²) in [5.41, 5.74) is 3.42. The molecule has 0 aliphatic carbocycles. The number of amides is 1. The van der Waals surface area contributed by atoms with Crippen molar-refractivity contribution < 1.29 is 15.0 Å². The third-order valence-corrected chi connectivity index (χ3v) is 6.27. The Morgan fingerprint density at radius 3 is 2.76 bits per heavy atom. The van der Waals surface area contributed by atoms with Gasteiger partial charge in [0.2, 0.25) is 0 Å². The molecule has 0 radical (unpaired) electrons. The number of pyridine rings is 1. The maximum absolute atomic E-state index is 11.5. The molecule has 8 nitrogen and oxygen atoms in total. The zero-order valence-electron chi connectivity index (χ0n) is 18.7. The first-order valence-corrected chi connectivity index (χ1v) is 11.2. The highest BCUT2D eigenvalue weighted by molar-refractivity contribution is 5.92. The summed E-state index contributed by atoms with van der Waals surface area (Å²) < 4.78 is 0. The van der Waals surface area contributed by atoms with Gasteiger partial charge in [0, 0.05) is 24.3 Å². The van der Waals surface area contributed by atoms with Gasteiger partial charge in [-0.05, 0) is 61.2 Å². The number of nitrogens with zero attached hydrogens (tertiary/aromatic N) is 4. The lowest BCUT2D eigenvalue weighted by atomic mass is 10.0. The van der Waals surface area contributed by atoms with Gasteiger partial charge in [0.25, 0.3) is 0 Å². The molecular weight excluding hydrogens is 430 g/mol. The second kappa shape index (κ2) is 8.97. The number of aryl methyl sites for hydroxylation is 1. The third-order valence-electron chi connectivity index (χ3n) is 6.27. The summed E-state index contributed by atoms with van der Waals surface area (Å²) in [4.78, 5) is 27.6. The largest absolute Gasteiger partial charge is 0.507 e. The molecule has 3 N–H and O–H groups in total. The Labute approximate surface area is 196 Å². The molecule has 1 fully saturated rings. The molecule has 8 heteroatoms. The Balaban J connectivity index is 1.65. The first kappa shape index (κ1) is 21.6. The molecule has 1 amide bonds. The Kier molecular flexibility index (Phi) is 5.71. The lowest BCUT2D eigenvalue weighted by molar-refractivity contribution is 0.189. The molecule has 1 saturated heterocycles. The third kappa shape index (κ3) is 4.22. The van der Waals surface area contributed by atoms with Crippen LogP contribution >= 0.6 is 0 Å². The van der Waals surface area contributed by atoms with E-state index >= 15 is 0 Å². The molecule has 172 valence electrons. The van der Waals surface area contributed by atoms with Gasteiger partial charge in [-0.2, -0.15) is 0 Å². The van der Waals surface area contributed by atoms with Gasteiger partial charge >= 0.3 is 6.09 Å². The molecule has 3 heterocycles. The van der Waals surface area contributed by atoms with Crippen molar-refractivity contribution in [1.29, 1.82) is 0 Å². The minimum atomic E-state index is -1.04. The van der Waals surface area contributed by atoms with Crippen molar-refractivity contribution in [3.63, 3.8) is 0 Å². The number of para-hydroxylation sites is 1. The summed E-state index contributed by atoms with van der Waals surface area (Å²) in [5, 5.41) is 23.5. The lowest BCUT2D eigenvalue weighted by Crippen LogP contribution is -2.46. The van der Waals surface area contributed by atoms with Crippen LogP contribution in [0.25, 0.3) is 22.3 Å². The van der Waals surface area contributed by atoms with E-state index in [-0.39, 0.29) is 17.8 Å². The highest BCUT2D eigenvalue weighted by Gasteiger charge is 2.37. The van der Waals surface area contributed by atoms with E-state index in [4.69, 9.17) is 9.97 Å². The number of aromatic nitrogens is 3. The number of phenolic OH excluding ortho intramolecular Hbond substituents is 1. The maximum Gasteiger partial charge on any atom is 0.404 e. The zero-order chi connectivity index (χ0) is 23.7. The second-order valence-corrected chi connectivity index (χ2v) is 8.58. The number of carbonyl (C=O) groups is 1. The maximum atomic E-state index is 11.5. The van der Waals surface area contributed by atoms with Gasteiger partial charge in [0.1, 0.15) is 11.6 Å². The smallest absolute Gasteiger partial charge is 0.404 e. The fourth-order valence-electron chi connectivity index (χ4n) is 4.68. The van der Waals surface area contributed by atoms with Crippen LogP contribution in [-0.2, 0) is 6.42 Å². The topological polar surface area (TPSA) is 111 Å². The number of anilines is 1. The monoisotopic (exact) mass is 455 g/mol. The lowest BCUT2D eigenvalue weighted by Gasteiger charge is -2.30. The zero-order valence-corrected chi connectivity index (χ0v) is 18.7. The average Bonchev–Trinajstić information content (AvgIpc) is 3.20. The highest BCUT2D eigenvalue weighted by atomic mass is 16.4. The number of carboxylic acid groups (broad SMARTS) is 1. The van der Waals surface area contributed by atoms with Gasteiger partial charge in [-0.3, -0.25) is 4.98 Å². The van der Waals surface area contributed by atoms with Crippen LogP contribution in [0.1, 0.15) is 17.5 Å². The first-order valence-electron chi connectivity index (χ1n) is 11.2. The number of aromatic hydroxyl groups is 1. The number of benzene rings is 2. The molecular formula is C26H25N5O3. The van der Waals surface area contributed by atoms with Crippen LogP contribution in [0.4, 0.5) is 10.6 Å². The van der Waals surface area contributed by atoms with Gasteiger partial charge in [-0.1, -0.05) is 24.3 Å². The molecule has 1 aliphatic rings. The van der Waals surface area contributed by atoms with Crippen LogP contribution in [0.2, 0.25) is 0 Å². The molecule has 2 aromatic heterocycles. The van der Waals surface area contributed by atoms with Crippen LogP contribution in [0, 0.1) is 6.92 Å². The number of hydrogen-bond donors (Lipinski definition) is 3. The Bertz CT molecular complexity index is 1350. The van der Waals surface area contributed by atoms with E-state index in [1.807, 2.05) is 49.5 Å². The van der Waals surface area contributed by atoms with E-state index in [1.54, 1.807) is 24.4 Å². The molecule has 34 heavy (non-hydrogen) atoms. The summed E-state index contributed by atoms with van der Waals surface area (Å²) >= 11 is 0. The molecule has 2 aromatic carbocycles. The van der Waals surface area contributed by atoms with Crippen molar-refractivity contribution >= 4 is 22.8 Å². The van der Waals surface area contributed by atoms with E-state index < -0.39 is 6.09 Å². The van der Waals surface area contributed by atoms with E-state index in [0.717, 1.165) is 27.8 Å². The van der Waals surface area contributed by atoms with Crippen molar-refractivity contribution in [2.45, 2.75) is 31.8 Å². The van der Waals surface area contributed by atoms with Gasteiger partial charge in [0.05, 0.1) is 23.2 Å². The van der Waals surface area contributed by atoms with Gasteiger partial charge in [-0.15, -0.1) is 0 Å². The predicted molar refractivity (Wildman–Crippen MR) is 130 cm³/mol. The van der Waals surface area contributed by atoms with Gasteiger partial charge < -0.3 is 20.4 Å². The fraction of sp³-hybridized carbons (Fsp3) is 0.231. The van der Waals surface area contributed by atoms with E-state index in [0.29, 0.717) is 30.8 Å². The Morgan fingerprint density at radius 1 is 1.15 bits per heavy atom. The summed E-state index contributed by atoms with van der Waals surface area (Å²) in [7, 11) is 0. The SMILES string of the molecule is Cc1ccc2c(N3CCC(NC(=O)O)C3Cc3cccnc3)nc(-c3ccccc3O)nc2c1. The van der Waals surface area contributed by atoms with Crippen LogP contribution in [0.5, 0.6) is 5.75 Å². The van der Waals surface area contributed by atoms with Crippen molar-refractivity contribution in [2.75, 3.05) is 11.4 Å². The highest BCUT2D eigenvalue weighted by Crippen LogP contribution is 2.35. The Morgan fingerprint density at radius 2 is 2.00 bits per heavy atom. The number of nitrogens with one attached hydrogen (secondary N) is 1. The van der Waals surface area contributed by atoms with Crippen molar-refractivity contribution in [3.8, 4) is 17.1 Å². The summed E-state index contributed by atoms with van der Waals surface area (Å²) in [6.07, 6.45) is 3.76. The van der Waals surface area contributed by atoms with Crippen LogP contribution in [-0.4, -0.2) is 49.9 Å². The number of phenols is 1. The van der Waals surface area contributed by atoms with Crippen LogP contribution < -0.4 is 10.2 Å². The fourth-order valence-corrected chi connectivity index (χ4v) is 4.68. The van der Waals surface area contributed by atoms with Gasteiger partial charge in [-0.25, -0.2) is 14.8 Å². The average molecular weight is 456 g/mol. The second-order valence-electron chi connectivity index (χ2n) is 8.58. The van der Waals surface area contributed by atoms with Crippen LogP contribution in [0.3, 0.4) is 0 Å². The van der Waals surface area contributed by atoms with Crippen molar-refractivity contribution in [2.24, 2.45) is 0 Å². The van der Waals surface area contributed by atoms with E-state index in [9.17, 15) is 15.0 Å². The molecule has 2 atom stereocenters. The van der Waals surface area contributed by atoms with Crippen molar-refractivity contribution in [3.05, 3.63) is 78.1 Å². The summed E-state index contributed by atoms with van der Waals surface area (Å²) in [6.45, 7) is 2.64. The Hall–Kier alpha value is -4.20. The number of hydrogen-bond acceptors (Lipinski definition) is 6. The first-order chi connectivity index (χ1) is 16.5. The molecule has 4 aromatic rings. The molecule has 0 bridgehead atoms. The molecule has 0 saturated carbocycles. The van der Waals surface area contributed by atoms with Gasteiger partial charge in [0.15, 0.2) is 5.82 Å².